The van der Waals surface area contributed by atoms with Gasteiger partial charge >= 0.3 is 0 Å². The summed E-state index contributed by atoms with van der Waals surface area (Å²) in [6, 6.07) is 5.79. The van der Waals surface area contributed by atoms with Crippen LogP contribution >= 0.6 is 0 Å². The Bertz CT molecular complexity index is 1490. The molecule has 50 heavy (non-hydrogen) atoms. The summed E-state index contributed by atoms with van der Waals surface area (Å²) in [6.07, 6.45) is 24.4. The molecule has 1 aliphatic heterocycles. The maximum absolute atomic E-state index is 11.9. The molecule has 0 bridgehead atoms. The summed E-state index contributed by atoms with van der Waals surface area (Å²) in [6.45, 7) is 12.8. The fraction of sp³-hybridized carbons (Fsp3) is 0.767. The number of nitrogens with one attached hydrogen (secondary N) is 1. The number of hydrogen-bond acceptors (Lipinski definition) is 6. The summed E-state index contributed by atoms with van der Waals surface area (Å²) >= 11 is -0.586. The monoisotopic (exact) mass is 698 g/mol. The van der Waals surface area contributed by atoms with Crippen molar-refractivity contribution in [1.29, 1.82) is 5.26 Å². The summed E-state index contributed by atoms with van der Waals surface area (Å²) in [5.74, 6) is 7.96. The van der Waals surface area contributed by atoms with Gasteiger partial charge in [0, 0.05) is 37.9 Å². The number of allylic oxidation sites excluding steroid dienone is 4. The lowest BCUT2D eigenvalue weighted by molar-refractivity contribution is -0.126. The second kappa shape index (κ2) is 14.2. The van der Waals surface area contributed by atoms with E-state index in [9.17, 15) is 9.81 Å². The normalized spacial score (nSPS) is 39.9. The lowest BCUT2D eigenvalue weighted by Crippen LogP contribution is -2.61. The third-order valence-electron chi connectivity index (χ3n) is 15.8. The van der Waals surface area contributed by atoms with Gasteiger partial charge in [0.2, 0.25) is 5.88 Å². The summed E-state index contributed by atoms with van der Waals surface area (Å²) in [5, 5.41) is 13.6. The fourth-order valence-corrected chi connectivity index (χ4v) is 14.6. The highest BCUT2D eigenvalue weighted by molar-refractivity contribution is 7.91. The van der Waals surface area contributed by atoms with Crippen LogP contribution in [0.3, 0.4) is 0 Å². The minimum Gasteiger partial charge on any atom is -0.616 e. The highest BCUT2D eigenvalue weighted by Gasteiger charge is 2.61. The molecule has 6 nitrogen and oxygen atoms in total. The summed E-state index contributed by atoms with van der Waals surface area (Å²) in [7, 11) is 0. The molecular formula is C43H62N4O2S. The summed E-state index contributed by atoms with van der Waals surface area (Å²) in [4.78, 5) is 6.85. The first-order valence-corrected chi connectivity index (χ1v) is 21.9. The highest BCUT2D eigenvalue weighted by atomic mass is 32.2. The van der Waals surface area contributed by atoms with Crippen molar-refractivity contribution in [2.75, 3.05) is 44.3 Å². The Kier molecular flexibility index (Phi) is 9.98. The molecule has 1 N–H and O–H groups in total. The number of aromatic nitrogens is 1. The lowest BCUT2D eigenvalue weighted by atomic mass is 9.41. The Morgan fingerprint density at radius 1 is 1.00 bits per heavy atom. The third kappa shape index (κ3) is 6.31. The van der Waals surface area contributed by atoms with Gasteiger partial charge in [-0.1, -0.05) is 50.5 Å². The maximum Gasteiger partial charge on any atom is 0.231 e. The van der Waals surface area contributed by atoms with Gasteiger partial charge in [0.25, 0.3) is 0 Å². The number of fused-ring (bicyclic) bond motifs is 7. The Morgan fingerprint density at radius 3 is 2.62 bits per heavy atom. The Hall–Kier alpha value is -1.85. The van der Waals surface area contributed by atoms with Gasteiger partial charge in [0.05, 0.1) is 6.61 Å². The van der Waals surface area contributed by atoms with Crippen molar-refractivity contribution in [3.05, 3.63) is 47.2 Å². The molecule has 0 amide bonds. The Balaban J connectivity index is 0.910. The van der Waals surface area contributed by atoms with Crippen LogP contribution < -0.4 is 10.1 Å². The smallest absolute Gasteiger partial charge is 0.231 e. The molecule has 7 aliphatic rings. The van der Waals surface area contributed by atoms with Crippen molar-refractivity contribution < 1.29 is 9.29 Å². The summed E-state index contributed by atoms with van der Waals surface area (Å²) < 4.78 is 17.9. The van der Waals surface area contributed by atoms with Gasteiger partial charge < -0.3 is 14.6 Å². The van der Waals surface area contributed by atoms with Crippen LogP contribution in [-0.4, -0.2) is 64.3 Å². The molecule has 1 aromatic heterocycles. The zero-order valence-corrected chi connectivity index (χ0v) is 32.0. The van der Waals surface area contributed by atoms with E-state index >= 15 is 0 Å². The number of nitriles is 1. The van der Waals surface area contributed by atoms with Crippen LogP contribution in [0.15, 0.2) is 41.6 Å². The second-order valence-electron chi connectivity index (χ2n) is 18.3. The molecule has 6 aliphatic carbocycles. The largest absolute Gasteiger partial charge is 0.616 e. The molecule has 4 saturated carbocycles. The SMILES string of the molecule is CC1(C)C(C2=CCC(COc3ncccc3C#N)CC2)=CCC2(C)C3CCC4C(CCC5(NCCN6CC[S+]([O-])CC6)CCCC45)C3CCC12. The lowest BCUT2D eigenvalue weighted by Gasteiger charge is -2.64. The molecule has 272 valence electrons. The van der Waals surface area contributed by atoms with Crippen molar-refractivity contribution in [1.82, 2.24) is 15.2 Å². The van der Waals surface area contributed by atoms with Gasteiger partial charge in [-0.2, -0.15) is 5.26 Å². The molecule has 2 heterocycles. The number of rotatable bonds is 8. The third-order valence-corrected chi connectivity index (χ3v) is 17.1. The van der Waals surface area contributed by atoms with E-state index in [1.54, 1.807) is 29.5 Å². The molecule has 1 aromatic rings. The summed E-state index contributed by atoms with van der Waals surface area (Å²) in [5.41, 5.74) is 4.78. The quantitative estimate of drug-likeness (QED) is 0.277. The van der Waals surface area contributed by atoms with Gasteiger partial charge in [-0.25, -0.2) is 4.98 Å². The number of pyridine rings is 1. The van der Waals surface area contributed by atoms with E-state index in [0.717, 1.165) is 92.5 Å². The van der Waals surface area contributed by atoms with Gasteiger partial charge in [-0.3, -0.25) is 4.90 Å². The first kappa shape index (κ1) is 35.2. The molecule has 8 rings (SSSR count). The standard InChI is InChI=1S/C43H62N4O2S/c1-41(2)36(31-10-8-30(9-11-31)29-49-40-32(28-44)6-5-21-45-40)17-19-42(3)37-14-12-35-33(34(37)13-15-39(41)42)16-20-43(18-4-7-38(35)43)46-22-23-47-24-26-50(48)27-25-47/h5-6,10,17,21,30,33-35,37-39,46H,4,7-9,11-16,18-20,22-27,29H2,1-3H3. The second-order valence-corrected chi connectivity index (χ2v) is 20.0. The average Bonchev–Trinajstić information content (AvgIpc) is 3.56. The molecule has 0 spiro atoms. The molecule has 0 radical (unpaired) electrons. The van der Waals surface area contributed by atoms with Gasteiger partial charge in [-0.15, -0.1) is 0 Å². The van der Waals surface area contributed by atoms with Crippen LogP contribution in [0, 0.1) is 63.6 Å². The fourth-order valence-electron chi connectivity index (χ4n) is 13.5. The molecule has 5 fully saturated rings. The van der Waals surface area contributed by atoms with Gasteiger partial charge in [-0.05, 0) is 153 Å². The first-order chi connectivity index (χ1) is 24.2. The number of hydrogen-bond donors (Lipinski definition) is 1. The predicted octanol–water partition coefficient (Wildman–Crippen LogP) is 8.08. The minimum absolute atomic E-state index is 0.208. The topological polar surface area (TPSA) is 84.2 Å². The van der Waals surface area contributed by atoms with Crippen LogP contribution in [0.25, 0.3) is 0 Å². The minimum atomic E-state index is -0.586. The van der Waals surface area contributed by atoms with Crippen LogP contribution in [0.4, 0.5) is 0 Å². The molecule has 9 atom stereocenters. The first-order valence-electron chi connectivity index (χ1n) is 20.4. The molecule has 1 saturated heterocycles. The van der Waals surface area contributed by atoms with Crippen molar-refractivity contribution in [3.63, 3.8) is 0 Å². The molecule has 7 heteroatoms. The van der Waals surface area contributed by atoms with Crippen LogP contribution in [-0.2, 0) is 11.2 Å². The van der Waals surface area contributed by atoms with Crippen molar-refractivity contribution in [3.8, 4) is 11.9 Å². The van der Waals surface area contributed by atoms with E-state index in [4.69, 9.17) is 4.74 Å². The maximum atomic E-state index is 11.9. The highest BCUT2D eigenvalue weighted by Crippen LogP contribution is 2.68. The Morgan fingerprint density at radius 2 is 1.82 bits per heavy atom. The van der Waals surface area contributed by atoms with E-state index in [-0.39, 0.29) is 5.41 Å². The zero-order valence-electron chi connectivity index (χ0n) is 31.1. The zero-order chi connectivity index (χ0) is 34.5. The van der Waals surface area contributed by atoms with E-state index in [1.165, 1.54) is 64.2 Å². The molecule has 9 unspecified atom stereocenters. The van der Waals surface area contributed by atoms with E-state index in [0.29, 0.717) is 34.9 Å². The van der Waals surface area contributed by atoms with Crippen LogP contribution in [0.5, 0.6) is 5.88 Å². The van der Waals surface area contributed by atoms with Gasteiger partial charge in [0.1, 0.15) is 23.1 Å². The van der Waals surface area contributed by atoms with Gasteiger partial charge in [0.15, 0.2) is 0 Å². The predicted molar refractivity (Wildman–Crippen MR) is 202 cm³/mol. The number of nitrogens with zero attached hydrogens (tertiary/aromatic N) is 3. The van der Waals surface area contributed by atoms with Crippen molar-refractivity contribution >= 4 is 11.2 Å². The Labute approximate surface area is 305 Å². The van der Waals surface area contributed by atoms with Crippen molar-refractivity contribution in [2.24, 2.45) is 52.3 Å². The van der Waals surface area contributed by atoms with E-state index in [1.807, 2.05) is 0 Å². The average molecular weight is 699 g/mol. The number of ether oxygens (including phenoxy) is 1. The van der Waals surface area contributed by atoms with Crippen molar-refractivity contribution in [2.45, 2.75) is 110 Å². The van der Waals surface area contributed by atoms with Crippen LogP contribution in [0.1, 0.15) is 110 Å². The van der Waals surface area contributed by atoms with E-state index in [2.05, 4.69) is 54.2 Å². The van der Waals surface area contributed by atoms with Crippen LogP contribution in [0.2, 0.25) is 0 Å². The van der Waals surface area contributed by atoms with E-state index < -0.39 is 11.2 Å². The molecule has 0 aromatic carbocycles. The molecular weight excluding hydrogens is 637 g/mol.